The predicted octanol–water partition coefficient (Wildman–Crippen LogP) is 16.2. The third-order valence-corrected chi connectivity index (χ3v) is 18.5. The molecule has 0 aromatic heterocycles. The fraction of sp³-hybridized carbons (Fsp3) is 0.882. The van der Waals surface area contributed by atoms with Crippen LogP contribution in [0.15, 0.2) is 48.6 Å². The first kappa shape index (κ1) is 84.0. The van der Waals surface area contributed by atoms with Crippen LogP contribution in [-0.2, 0) is 23.7 Å². The van der Waals surface area contributed by atoms with E-state index in [1.807, 2.05) is 6.08 Å². The molecule has 2 fully saturated rings. The zero-order valence-corrected chi connectivity index (χ0v) is 57.6. The van der Waals surface area contributed by atoms with Crippen molar-refractivity contribution >= 4 is 5.91 Å². The molecule has 0 aliphatic carbocycles. The molecule has 0 aromatic rings. The van der Waals surface area contributed by atoms with Crippen LogP contribution in [0.25, 0.3) is 0 Å². The van der Waals surface area contributed by atoms with Gasteiger partial charge in [-0.2, -0.15) is 0 Å². The molecular weight excluding hydrogens is 1130 g/mol. The van der Waals surface area contributed by atoms with Crippen LogP contribution < -0.4 is 5.32 Å². The van der Waals surface area contributed by atoms with Crippen molar-refractivity contribution in [1.82, 2.24) is 5.32 Å². The van der Waals surface area contributed by atoms with E-state index in [9.17, 15) is 45.6 Å². The lowest BCUT2D eigenvalue weighted by molar-refractivity contribution is -0.359. The summed E-state index contributed by atoms with van der Waals surface area (Å²) in [7, 11) is 0. The standard InChI is InChI=1S/C76H141NO13/c1-3-5-7-9-11-13-15-17-19-21-23-25-27-28-29-30-31-32-33-34-35-36-38-39-41-43-45-47-49-51-53-55-57-59-65(80)64(63-87-75-73(86)71(84)74(67(62-79)89-75)90-76-72(85)70(83)69(82)66(61-78)88-76)77-68(81)60-58-56-54-52-50-48-46-44-42-40-37-26-24-22-20-18-16-14-12-10-8-6-4-2/h22,24,41,43,49,51,57,59,64-67,69-76,78-80,82-86H,3-21,23,25-40,42,44-48,50,52-56,58,60-63H2,1-2H3,(H,77,81)/b24-22-,43-41+,51-49+,59-57+. The summed E-state index contributed by atoms with van der Waals surface area (Å²) >= 11 is 0. The Morgan fingerprint density at radius 2 is 0.711 bits per heavy atom. The van der Waals surface area contributed by atoms with E-state index in [1.54, 1.807) is 6.08 Å². The molecule has 2 rings (SSSR count). The van der Waals surface area contributed by atoms with E-state index < -0.39 is 86.8 Å². The molecule has 2 saturated heterocycles. The summed E-state index contributed by atoms with van der Waals surface area (Å²) in [6, 6.07) is -0.941. The Morgan fingerprint density at radius 3 is 1.09 bits per heavy atom. The van der Waals surface area contributed by atoms with Gasteiger partial charge in [-0.3, -0.25) is 4.79 Å². The first-order valence-electron chi connectivity index (χ1n) is 37.9. The third kappa shape index (κ3) is 43.8. The molecule has 14 heteroatoms. The van der Waals surface area contributed by atoms with Crippen LogP contribution in [0.3, 0.4) is 0 Å². The highest BCUT2D eigenvalue weighted by Gasteiger charge is 2.51. The number of aliphatic hydroxyl groups is 8. The lowest BCUT2D eigenvalue weighted by Crippen LogP contribution is -2.65. The zero-order valence-electron chi connectivity index (χ0n) is 57.6. The van der Waals surface area contributed by atoms with Crippen molar-refractivity contribution in [2.24, 2.45) is 0 Å². The van der Waals surface area contributed by atoms with Crippen LogP contribution in [0.1, 0.15) is 335 Å². The number of rotatable bonds is 63. The second-order valence-electron chi connectivity index (χ2n) is 26.8. The minimum atomic E-state index is -1.79. The van der Waals surface area contributed by atoms with E-state index in [-0.39, 0.29) is 18.9 Å². The third-order valence-electron chi connectivity index (χ3n) is 18.5. The molecule has 0 spiro atoms. The predicted molar refractivity (Wildman–Crippen MR) is 369 cm³/mol. The summed E-state index contributed by atoms with van der Waals surface area (Å²) in [5.41, 5.74) is 0. The summed E-state index contributed by atoms with van der Waals surface area (Å²) in [6.45, 7) is 2.82. The quantitative estimate of drug-likeness (QED) is 0.0204. The first-order chi connectivity index (χ1) is 44.1. The summed E-state index contributed by atoms with van der Waals surface area (Å²) in [5, 5.41) is 87.5. The van der Waals surface area contributed by atoms with Crippen LogP contribution in [0, 0.1) is 0 Å². The van der Waals surface area contributed by atoms with E-state index in [1.165, 1.54) is 257 Å². The number of allylic oxidation sites excluding steroid dienone is 7. The molecule has 0 radical (unpaired) electrons. The number of carbonyl (C=O) groups is 1. The smallest absolute Gasteiger partial charge is 0.220 e. The molecule has 12 unspecified atom stereocenters. The van der Waals surface area contributed by atoms with Gasteiger partial charge in [-0.1, -0.05) is 306 Å². The number of unbranched alkanes of at least 4 members (excludes halogenated alkanes) is 44. The molecule has 9 N–H and O–H groups in total. The fourth-order valence-electron chi connectivity index (χ4n) is 12.4. The topological polar surface area (TPSA) is 228 Å². The number of nitrogens with one attached hydrogen (secondary N) is 1. The second kappa shape index (κ2) is 60.6. The number of hydrogen-bond acceptors (Lipinski definition) is 13. The largest absolute Gasteiger partial charge is 0.394 e. The number of carbonyl (C=O) groups excluding carboxylic acids is 1. The molecule has 0 aromatic carbocycles. The van der Waals surface area contributed by atoms with Crippen molar-refractivity contribution in [3.8, 4) is 0 Å². The second-order valence-corrected chi connectivity index (χ2v) is 26.8. The van der Waals surface area contributed by atoms with E-state index in [0.717, 1.165) is 44.9 Å². The van der Waals surface area contributed by atoms with E-state index in [0.29, 0.717) is 12.8 Å². The Morgan fingerprint density at radius 1 is 0.389 bits per heavy atom. The van der Waals surface area contributed by atoms with Gasteiger partial charge in [0.2, 0.25) is 5.91 Å². The van der Waals surface area contributed by atoms with Gasteiger partial charge in [0, 0.05) is 6.42 Å². The minimum Gasteiger partial charge on any atom is -0.394 e. The van der Waals surface area contributed by atoms with Crippen molar-refractivity contribution in [2.75, 3.05) is 19.8 Å². The van der Waals surface area contributed by atoms with Gasteiger partial charge in [0.1, 0.15) is 48.8 Å². The molecule has 528 valence electrons. The Kier molecular flexibility index (Phi) is 56.6. The molecule has 0 bridgehead atoms. The monoisotopic (exact) mass is 1280 g/mol. The van der Waals surface area contributed by atoms with Gasteiger partial charge in [-0.05, 0) is 70.6 Å². The lowest BCUT2D eigenvalue weighted by Gasteiger charge is -2.46. The Balaban J connectivity index is 1.67. The molecule has 1 amide bonds. The molecule has 2 aliphatic heterocycles. The molecule has 12 atom stereocenters. The summed E-state index contributed by atoms with van der Waals surface area (Å²) in [6.07, 6.45) is 63.3. The maximum Gasteiger partial charge on any atom is 0.220 e. The first-order valence-corrected chi connectivity index (χ1v) is 37.9. The van der Waals surface area contributed by atoms with Crippen molar-refractivity contribution in [3.05, 3.63) is 48.6 Å². The summed E-state index contributed by atoms with van der Waals surface area (Å²) in [4.78, 5) is 13.3. The normalized spacial score (nSPS) is 23.1. The molecule has 14 nitrogen and oxygen atoms in total. The van der Waals surface area contributed by atoms with Crippen LogP contribution in [-0.4, -0.2) is 140 Å². The maximum absolute atomic E-state index is 13.3. The molecule has 2 aliphatic rings. The van der Waals surface area contributed by atoms with Crippen LogP contribution in [0.4, 0.5) is 0 Å². The molecule has 90 heavy (non-hydrogen) atoms. The zero-order chi connectivity index (χ0) is 65.2. The average molecular weight is 1280 g/mol. The Labute approximate surface area is 550 Å². The van der Waals surface area contributed by atoms with Crippen LogP contribution >= 0.6 is 0 Å². The van der Waals surface area contributed by atoms with Crippen LogP contribution in [0.2, 0.25) is 0 Å². The van der Waals surface area contributed by atoms with Gasteiger partial charge < -0.3 is 65.1 Å². The highest BCUT2D eigenvalue weighted by Crippen LogP contribution is 2.30. The van der Waals surface area contributed by atoms with Crippen molar-refractivity contribution in [2.45, 2.75) is 408 Å². The average Bonchev–Trinajstić information content (AvgIpc) is 1.28. The van der Waals surface area contributed by atoms with E-state index in [4.69, 9.17) is 18.9 Å². The maximum atomic E-state index is 13.3. The summed E-state index contributed by atoms with van der Waals surface area (Å²) in [5.74, 6) is -0.250. The molecule has 0 saturated carbocycles. The number of amides is 1. The Hall–Kier alpha value is -2.05. The van der Waals surface area contributed by atoms with Gasteiger partial charge in [-0.15, -0.1) is 0 Å². The highest BCUT2D eigenvalue weighted by atomic mass is 16.7. The van der Waals surface area contributed by atoms with Crippen molar-refractivity contribution in [3.63, 3.8) is 0 Å². The van der Waals surface area contributed by atoms with Crippen molar-refractivity contribution < 1.29 is 64.6 Å². The lowest BCUT2D eigenvalue weighted by atomic mass is 9.97. The van der Waals surface area contributed by atoms with Gasteiger partial charge in [0.25, 0.3) is 0 Å². The number of ether oxygens (including phenoxy) is 4. The molecular formula is C76H141NO13. The SMILES string of the molecule is CCCCCCCCCC/C=C\CCCCCCCCCCCCCC(=O)NC(COC1OC(CO)C(OC2OC(CO)C(O)C(O)C2O)C(O)C1O)C(O)/C=C/CC/C=C/CC/C=C/CCCCCCCCCCCCCCCCCCCCCCCCC. The van der Waals surface area contributed by atoms with Gasteiger partial charge in [0.05, 0.1) is 32.0 Å². The summed E-state index contributed by atoms with van der Waals surface area (Å²) < 4.78 is 22.9. The highest BCUT2D eigenvalue weighted by molar-refractivity contribution is 5.76. The minimum absolute atomic E-state index is 0.250. The van der Waals surface area contributed by atoms with E-state index in [2.05, 4.69) is 55.6 Å². The fourth-order valence-corrected chi connectivity index (χ4v) is 12.4. The van der Waals surface area contributed by atoms with E-state index >= 15 is 0 Å². The van der Waals surface area contributed by atoms with Gasteiger partial charge in [0.15, 0.2) is 12.6 Å². The number of aliphatic hydroxyl groups excluding tert-OH is 8. The van der Waals surface area contributed by atoms with Crippen LogP contribution in [0.5, 0.6) is 0 Å². The van der Waals surface area contributed by atoms with Gasteiger partial charge in [-0.25, -0.2) is 0 Å². The van der Waals surface area contributed by atoms with Gasteiger partial charge >= 0.3 is 0 Å². The Bertz CT molecular complexity index is 1690. The number of hydrogen-bond donors (Lipinski definition) is 9. The molecule has 2 heterocycles. The van der Waals surface area contributed by atoms with Crippen molar-refractivity contribution in [1.29, 1.82) is 0 Å².